The molecule has 2 aromatic rings. The fraction of sp³-hybridized carbons (Fsp3) is 0.400. The van der Waals surface area contributed by atoms with Gasteiger partial charge >= 0.3 is 0 Å². The topological polar surface area (TPSA) is 57.5 Å². The summed E-state index contributed by atoms with van der Waals surface area (Å²) in [5.74, 6) is 0.786. The molecule has 3 rings (SSSR count). The van der Waals surface area contributed by atoms with Gasteiger partial charge in [0.15, 0.2) is 16.9 Å². The molecule has 0 spiro atoms. The van der Waals surface area contributed by atoms with Gasteiger partial charge in [0.05, 0.1) is 18.4 Å². The first-order valence-corrected chi connectivity index (χ1v) is 9.89. The lowest BCUT2D eigenvalue weighted by atomic mass is 9.87. The molecular weight excluding hydrogens is 483 g/mol. The van der Waals surface area contributed by atoms with Crippen LogP contribution in [0.1, 0.15) is 35.8 Å². The molecule has 28 heavy (non-hydrogen) atoms. The van der Waals surface area contributed by atoms with Gasteiger partial charge in [-0.05, 0) is 30.0 Å². The quantitative estimate of drug-likeness (QED) is 0.431. The van der Waals surface area contributed by atoms with E-state index in [1.54, 1.807) is 40.9 Å². The maximum Gasteiger partial charge on any atom is 0.272 e. The van der Waals surface area contributed by atoms with Crippen molar-refractivity contribution in [2.45, 2.75) is 32.7 Å². The number of methoxy groups -OCH3 is 1. The first-order valence-electron chi connectivity index (χ1n) is 8.81. The lowest BCUT2D eigenvalue weighted by Crippen LogP contribution is -2.27. The normalized spacial score (nSPS) is 15.4. The van der Waals surface area contributed by atoms with Crippen LogP contribution in [0.4, 0.5) is 8.78 Å². The molecule has 0 bridgehead atoms. The fourth-order valence-electron chi connectivity index (χ4n) is 3.50. The van der Waals surface area contributed by atoms with Crippen LogP contribution in [0.2, 0.25) is 0 Å². The second kappa shape index (κ2) is 8.18. The van der Waals surface area contributed by atoms with Crippen molar-refractivity contribution in [3.63, 3.8) is 0 Å². The molecule has 5 nitrogen and oxygen atoms in total. The summed E-state index contributed by atoms with van der Waals surface area (Å²) in [6.07, 6.45) is -0.353. The van der Waals surface area contributed by atoms with Crippen molar-refractivity contribution in [3.05, 3.63) is 45.7 Å². The SMILES string of the molecule is COc1cc2c(cc1OCC(F)F)CC(C(C)C)n1cc(C(=O)I)c(=O)cc1-2. The van der Waals surface area contributed by atoms with Crippen LogP contribution in [0.5, 0.6) is 11.5 Å². The van der Waals surface area contributed by atoms with Gasteiger partial charge in [0, 0.05) is 46.5 Å². The van der Waals surface area contributed by atoms with Gasteiger partial charge in [0.2, 0.25) is 3.79 Å². The van der Waals surface area contributed by atoms with Gasteiger partial charge < -0.3 is 14.0 Å². The molecule has 0 amide bonds. The summed E-state index contributed by atoms with van der Waals surface area (Å²) in [6.45, 7) is 3.39. The zero-order valence-electron chi connectivity index (χ0n) is 15.7. The van der Waals surface area contributed by atoms with Crippen molar-refractivity contribution in [1.82, 2.24) is 4.57 Å². The van der Waals surface area contributed by atoms with Crippen LogP contribution in [0.25, 0.3) is 11.3 Å². The van der Waals surface area contributed by atoms with Gasteiger partial charge in [-0.15, -0.1) is 0 Å². The number of benzene rings is 1. The molecule has 2 heterocycles. The predicted molar refractivity (Wildman–Crippen MR) is 110 cm³/mol. The van der Waals surface area contributed by atoms with Crippen LogP contribution in [-0.4, -0.2) is 28.5 Å². The summed E-state index contributed by atoms with van der Waals surface area (Å²) >= 11 is 1.61. The predicted octanol–water partition coefficient (Wildman–Crippen LogP) is 4.50. The first-order chi connectivity index (χ1) is 13.2. The Hall–Kier alpha value is -1.97. The number of carbonyl (C=O) groups excluding carboxylic acids is 1. The van der Waals surface area contributed by atoms with E-state index in [1.807, 2.05) is 4.57 Å². The van der Waals surface area contributed by atoms with E-state index in [0.29, 0.717) is 17.9 Å². The number of rotatable bonds is 6. The van der Waals surface area contributed by atoms with Crippen molar-refractivity contribution in [2.24, 2.45) is 5.92 Å². The lowest BCUT2D eigenvalue weighted by Gasteiger charge is -2.33. The highest BCUT2D eigenvalue weighted by Crippen LogP contribution is 2.42. The Bertz CT molecular complexity index is 971. The summed E-state index contributed by atoms with van der Waals surface area (Å²) in [5.41, 5.74) is 2.12. The number of ether oxygens (including phenoxy) is 2. The monoisotopic (exact) mass is 503 g/mol. The number of fused-ring (bicyclic) bond motifs is 3. The third-order valence-electron chi connectivity index (χ3n) is 4.88. The molecule has 0 saturated heterocycles. The average molecular weight is 503 g/mol. The average Bonchev–Trinajstić information content (AvgIpc) is 2.63. The fourth-order valence-corrected chi connectivity index (χ4v) is 3.91. The molecule has 0 fully saturated rings. The van der Waals surface area contributed by atoms with Gasteiger partial charge in [-0.2, -0.15) is 0 Å². The Morgan fingerprint density at radius 2 is 2.00 bits per heavy atom. The molecule has 150 valence electrons. The molecule has 8 heteroatoms. The summed E-state index contributed by atoms with van der Waals surface area (Å²) in [4.78, 5) is 24.3. The van der Waals surface area contributed by atoms with Crippen LogP contribution >= 0.6 is 22.6 Å². The largest absolute Gasteiger partial charge is 0.493 e. The summed E-state index contributed by atoms with van der Waals surface area (Å²) in [6, 6.07) is 4.87. The molecule has 1 atom stereocenters. The van der Waals surface area contributed by atoms with E-state index in [9.17, 15) is 18.4 Å². The minimum absolute atomic E-state index is 0.00828. The molecule has 0 aliphatic carbocycles. The number of hydrogen-bond acceptors (Lipinski definition) is 4. The molecule has 1 aromatic heterocycles. The van der Waals surface area contributed by atoms with Gasteiger partial charge in [-0.25, -0.2) is 8.78 Å². The number of pyridine rings is 1. The molecule has 1 aliphatic heterocycles. The van der Waals surface area contributed by atoms with Crippen molar-refractivity contribution in [3.8, 4) is 22.8 Å². The number of alkyl halides is 2. The van der Waals surface area contributed by atoms with E-state index in [4.69, 9.17) is 9.47 Å². The summed E-state index contributed by atoms with van der Waals surface area (Å²) in [7, 11) is 1.43. The minimum atomic E-state index is -2.59. The minimum Gasteiger partial charge on any atom is -0.493 e. The van der Waals surface area contributed by atoms with Crippen molar-refractivity contribution in [2.75, 3.05) is 13.7 Å². The van der Waals surface area contributed by atoms with E-state index < -0.39 is 13.0 Å². The van der Waals surface area contributed by atoms with E-state index >= 15 is 0 Å². The van der Waals surface area contributed by atoms with Crippen LogP contribution in [0.3, 0.4) is 0 Å². The van der Waals surface area contributed by atoms with Crippen LogP contribution in [0, 0.1) is 5.92 Å². The lowest BCUT2D eigenvalue weighted by molar-refractivity contribution is 0.0804. The Labute approximate surface area is 174 Å². The first kappa shape index (κ1) is 20.8. The molecular formula is C20H20F2INO4. The third-order valence-corrected chi connectivity index (χ3v) is 5.46. The standard InChI is InChI=1S/C20H20F2INO4/c1-10(2)14-4-11-5-18(28-9-19(21)22)17(27-3)6-12(11)15-7-16(25)13(20(23)26)8-24(14)15/h5-8,10,14,19H,4,9H2,1-3H3. The van der Waals surface area contributed by atoms with Crippen molar-refractivity contribution >= 4 is 26.4 Å². The third kappa shape index (κ3) is 3.92. The van der Waals surface area contributed by atoms with Crippen LogP contribution in [-0.2, 0) is 6.42 Å². The molecule has 0 N–H and O–H groups in total. The number of hydrogen-bond donors (Lipinski definition) is 0. The molecule has 1 unspecified atom stereocenters. The molecule has 0 radical (unpaired) electrons. The number of halogens is 3. The van der Waals surface area contributed by atoms with Crippen molar-refractivity contribution in [1.29, 1.82) is 0 Å². The number of aromatic nitrogens is 1. The maximum absolute atomic E-state index is 12.6. The van der Waals surface area contributed by atoms with E-state index in [-0.39, 0.29) is 32.5 Å². The van der Waals surface area contributed by atoms with Gasteiger partial charge in [0.25, 0.3) is 6.43 Å². The van der Waals surface area contributed by atoms with Crippen LogP contribution in [0.15, 0.2) is 29.2 Å². The van der Waals surface area contributed by atoms with E-state index in [1.165, 1.54) is 13.2 Å². The van der Waals surface area contributed by atoms with Gasteiger partial charge in [0.1, 0.15) is 6.61 Å². The highest BCUT2D eigenvalue weighted by atomic mass is 127. The van der Waals surface area contributed by atoms with Crippen molar-refractivity contribution < 1.29 is 23.0 Å². The van der Waals surface area contributed by atoms with Gasteiger partial charge in [-0.1, -0.05) is 13.8 Å². The second-order valence-corrected chi connectivity index (χ2v) is 7.98. The Kier molecular flexibility index (Phi) is 6.07. The Morgan fingerprint density at radius 3 is 2.57 bits per heavy atom. The summed E-state index contributed by atoms with van der Waals surface area (Å²) in [5, 5.41) is 0. The smallest absolute Gasteiger partial charge is 0.272 e. The van der Waals surface area contributed by atoms with Crippen LogP contribution < -0.4 is 14.9 Å². The zero-order valence-corrected chi connectivity index (χ0v) is 17.8. The molecule has 0 saturated carbocycles. The Morgan fingerprint density at radius 1 is 1.29 bits per heavy atom. The van der Waals surface area contributed by atoms with E-state index in [0.717, 1.165) is 11.1 Å². The molecule has 1 aromatic carbocycles. The maximum atomic E-state index is 12.6. The number of carbonyl (C=O) groups is 1. The molecule has 1 aliphatic rings. The summed E-state index contributed by atoms with van der Waals surface area (Å²) < 4.78 is 37.3. The Balaban J connectivity index is 2.20. The zero-order chi connectivity index (χ0) is 20.6. The van der Waals surface area contributed by atoms with E-state index in [2.05, 4.69) is 13.8 Å². The number of nitrogens with zero attached hydrogens (tertiary/aromatic N) is 1. The second-order valence-electron chi connectivity index (χ2n) is 7.00. The highest BCUT2D eigenvalue weighted by molar-refractivity contribution is 14.1. The van der Waals surface area contributed by atoms with Gasteiger partial charge in [-0.3, -0.25) is 9.59 Å². The highest BCUT2D eigenvalue weighted by Gasteiger charge is 2.29.